The fourth-order valence-corrected chi connectivity index (χ4v) is 2.53. The van der Waals surface area contributed by atoms with Crippen LogP contribution in [0.4, 0.5) is 0 Å². The van der Waals surface area contributed by atoms with Gasteiger partial charge in [0.05, 0.1) is 0 Å². The van der Waals surface area contributed by atoms with Gasteiger partial charge in [-0.1, -0.05) is 57.6 Å². The van der Waals surface area contributed by atoms with E-state index in [2.05, 4.69) is 48.5 Å². The van der Waals surface area contributed by atoms with Crippen LogP contribution in [0.2, 0.25) is 0 Å². The first-order chi connectivity index (χ1) is 8.38. The molecular formula is C18H36. The summed E-state index contributed by atoms with van der Waals surface area (Å²) in [6, 6.07) is 0. The number of allylic oxidation sites excluding steroid dienone is 2. The van der Waals surface area contributed by atoms with Crippen molar-refractivity contribution in [1.29, 1.82) is 0 Å². The van der Waals surface area contributed by atoms with Crippen LogP contribution in [0.15, 0.2) is 11.1 Å². The summed E-state index contributed by atoms with van der Waals surface area (Å²) in [5.74, 6) is 3.07. The van der Waals surface area contributed by atoms with Crippen molar-refractivity contribution in [2.75, 3.05) is 0 Å². The number of unbranched alkanes of at least 4 members (excludes halogenated alkanes) is 1. The Morgan fingerprint density at radius 1 is 1.06 bits per heavy atom. The van der Waals surface area contributed by atoms with Gasteiger partial charge in [0.25, 0.3) is 0 Å². The van der Waals surface area contributed by atoms with Gasteiger partial charge in [-0.05, 0) is 58.3 Å². The Morgan fingerprint density at radius 3 is 1.94 bits per heavy atom. The molecule has 0 amide bonds. The molecule has 0 spiro atoms. The lowest BCUT2D eigenvalue weighted by molar-refractivity contribution is 0.329. The van der Waals surface area contributed by atoms with Crippen LogP contribution in [0.5, 0.6) is 0 Å². The number of rotatable bonds is 4. The minimum Gasteiger partial charge on any atom is -0.0778 e. The molecule has 1 fully saturated rings. The minimum atomic E-state index is 0.995. The van der Waals surface area contributed by atoms with Gasteiger partial charge in [0.1, 0.15) is 0 Å². The van der Waals surface area contributed by atoms with Gasteiger partial charge in [0.15, 0.2) is 0 Å². The van der Waals surface area contributed by atoms with Gasteiger partial charge in [-0.3, -0.25) is 0 Å². The first-order valence-electron chi connectivity index (χ1n) is 7.99. The van der Waals surface area contributed by atoms with Crippen LogP contribution < -0.4 is 0 Å². The molecular weight excluding hydrogens is 216 g/mol. The van der Waals surface area contributed by atoms with E-state index in [0.29, 0.717) is 0 Å². The smallest absolute Gasteiger partial charge is 0.0386 e. The van der Waals surface area contributed by atoms with Crippen LogP contribution in [0.3, 0.4) is 0 Å². The highest BCUT2D eigenvalue weighted by Gasteiger charge is 2.25. The third-order valence-electron chi connectivity index (χ3n) is 4.55. The van der Waals surface area contributed by atoms with E-state index >= 15 is 0 Å². The summed E-state index contributed by atoms with van der Waals surface area (Å²) in [6.45, 7) is 15.6. The van der Waals surface area contributed by atoms with Crippen LogP contribution in [-0.2, 0) is 0 Å². The molecule has 0 heteroatoms. The summed E-state index contributed by atoms with van der Waals surface area (Å²) >= 11 is 0. The molecule has 3 atom stereocenters. The molecule has 1 aliphatic carbocycles. The summed E-state index contributed by atoms with van der Waals surface area (Å²) in [7, 11) is 0. The largest absolute Gasteiger partial charge is 0.0778 e. The Kier molecular flexibility index (Phi) is 9.50. The quantitative estimate of drug-likeness (QED) is 0.494. The summed E-state index contributed by atoms with van der Waals surface area (Å²) in [6.07, 6.45) is 8.77. The van der Waals surface area contributed by atoms with Crippen molar-refractivity contribution in [1.82, 2.24) is 0 Å². The Balaban J connectivity index is 0.000000411. The third kappa shape index (κ3) is 7.95. The molecule has 108 valence electrons. The first kappa shape index (κ1) is 17.7. The zero-order valence-corrected chi connectivity index (χ0v) is 14.0. The van der Waals surface area contributed by atoms with Crippen molar-refractivity contribution in [2.45, 2.75) is 87.0 Å². The molecule has 0 saturated heterocycles. The van der Waals surface area contributed by atoms with Crippen molar-refractivity contribution < 1.29 is 0 Å². The lowest BCUT2D eigenvalue weighted by Crippen LogP contribution is -2.07. The zero-order valence-electron chi connectivity index (χ0n) is 14.0. The van der Waals surface area contributed by atoms with Crippen molar-refractivity contribution >= 4 is 0 Å². The summed E-state index contributed by atoms with van der Waals surface area (Å²) < 4.78 is 0. The van der Waals surface area contributed by atoms with Crippen LogP contribution in [0.1, 0.15) is 87.0 Å². The molecule has 18 heavy (non-hydrogen) atoms. The summed E-state index contributed by atoms with van der Waals surface area (Å²) in [5.41, 5.74) is 2.85. The van der Waals surface area contributed by atoms with E-state index in [0.717, 1.165) is 17.8 Å². The predicted molar refractivity (Wildman–Crippen MR) is 84.9 cm³/mol. The second kappa shape index (κ2) is 9.64. The predicted octanol–water partition coefficient (Wildman–Crippen LogP) is 6.61. The van der Waals surface area contributed by atoms with Crippen molar-refractivity contribution in [3.63, 3.8) is 0 Å². The highest BCUT2D eigenvalue weighted by atomic mass is 14.3. The Morgan fingerprint density at radius 2 is 1.61 bits per heavy atom. The highest BCUT2D eigenvalue weighted by Crippen LogP contribution is 2.37. The molecule has 0 aromatic carbocycles. The van der Waals surface area contributed by atoms with E-state index in [1.54, 1.807) is 0 Å². The molecule has 0 nitrogen and oxygen atoms in total. The minimum absolute atomic E-state index is 0.995. The van der Waals surface area contributed by atoms with Crippen molar-refractivity contribution in [3.05, 3.63) is 11.1 Å². The maximum atomic E-state index is 2.46. The monoisotopic (exact) mass is 252 g/mol. The molecule has 1 saturated carbocycles. The normalized spacial score (nSPS) is 24.2. The molecule has 0 aromatic rings. The molecule has 0 aromatic heterocycles. The number of hydrogen-bond acceptors (Lipinski definition) is 0. The average molecular weight is 252 g/mol. The average Bonchev–Trinajstić information content (AvgIpc) is 2.73. The van der Waals surface area contributed by atoms with Crippen molar-refractivity contribution in [3.8, 4) is 0 Å². The van der Waals surface area contributed by atoms with Gasteiger partial charge in [0, 0.05) is 0 Å². The Labute approximate surface area is 116 Å². The summed E-state index contributed by atoms with van der Waals surface area (Å²) in [4.78, 5) is 0. The molecule has 0 N–H and O–H groups in total. The standard InChI is InChI=1S/C12H24.C6H12/c1-4-5-6-11(3)12-8-7-10(2)9-12;1-5(2)6(3)4/h10-12H,4-9H2,1-3H3;1-4H3. The second-order valence-corrected chi connectivity index (χ2v) is 6.80. The van der Waals surface area contributed by atoms with Gasteiger partial charge < -0.3 is 0 Å². The molecule has 1 aliphatic rings. The second-order valence-electron chi connectivity index (χ2n) is 6.80. The maximum absolute atomic E-state index is 2.46. The van der Waals surface area contributed by atoms with Crippen LogP contribution in [0.25, 0.3) is 0 Å². The lowest BCUT2D eigenvalue weighted by atomic mass is 9.88. The van der Waals surface area contributed by atoms with E-state index in [1.165, 1.54) is 49.7 Å². The Bertz CT molecular complexity index is 218. The molecule has 0 radical (unpaired) electrons. The van der Waals surface area contributed by atoms with E-state index in [-0.39, 0.29) is 0 Å². The Hall–Kier alpha value is -0.260. The fourth-order valence-electron chi connectivity index (χ4n) is 2.53. The van der Waals surface area contributed by atoms with Gasteiger partial charge in [0.2, 0.25) is 0 Å². The molecule has 3 unspecified atom stereocenters. The highest BCUT2D eigenvalue weighted by molar-refractivity contribution is 5.02. The van der Waals surface area contributed by atoms with E-state index in [4.69, 9.17) is 0 Å². The first-order valence-corrected chi connectivity index (χ1v) is 7.99. The molecule has 0 bridgehead atoms. The lowest BCUT2D eigenvalue weighted by Gasteiger charge is -2.18. The molecule has 0 heterocycles. The molecule has 1 rings (SSSR count). The van der Waals surface area contributed by atoms with Crippen LogP contribution in [0, 0.1) is 17.8 Å². The SMILES string of the molecule is CC(C)=C(C)C.CCCCC(C)C1CCC(C)C1. The van der Waals surface area contributed by atoms with E-state index in [1.807, 2.05) is 0 Å². The summed E-state index contributed by atoms with van der Waals surface area (Å²) in [5, 5.41) is 0. The fraction of sp³-hybridized carbons (Fsp3) is 0.889. The third-order valence-corrected chi connectivity index (χ3v) is 4.55. The van der Waals surface area contributed by atoms with Gasteiger partial charge in [-0.25, -0.2) is 0 Å². The van der Waals surface area contributed by atoms with Gasteiger partial charge in [-0.15, -0.1) is 0 Å². The maximum Gasteiger partial charge on any atom is -0.0386 e. The van der Waals surface area contributed by atoms with Gasteiger partial charge >= 0.3 is 0 Å². The molecule has 0 aliphatic heterocycles. The zero-order chi connectivity index (χ0) is 14.1. The van der Waals surface area contributed by atoms with Crippen LogP contribution in [-0.4, -0.2) is 0 Å². The van der Waals surface area contributed by atoms with E-state index in [9.17, 15) is 0 Å². The number of hydrogen-bond donors (Lipinski definition) is 0. The van der Waals surface area contributed by atoms with Crippen molar-refractivity contribution in [2.24, 2.45) is 17.8 Å². The topological polar surface area (TPSA) is 0 Å². The van der Waals surface area contributed by atoms with Gasteiger partial charge in [-0.2, -0.15) is 0 Å². The van der Waals surface area contributed by atoms with E-state index < -0.39 is 0 Å². The van der Waals surface area contributed by atoms with Crippen LogP contribution >= 0.6 is 0 Å².